The third-order valence-electron chi connectivity index (χ3n) is 3.18. The second-order valence-electron chi connectivity index (χ2n) is 4.60. The Labute approximate surface area is 129 Å². The first-order chi connectivity index (χ1) is 9.87. The van der Waals surface area contributed by atoms with Crippen LogP contribution in [0, 0.1) is 13.8 Å². The maximum atomic E-state index is 12.5. The standard InChI is InChI=1S/C14H18N2O3S2/c1-5-11-6-7-12(19-4)13(8-11)21(17,18)16-14-15-9(2)10(3)20-14/h6-8H,5H2,1-4H3,(H,15,16). The van der Waals surface area contributed by atoms with Crippen molar-refractivity contribution >= 4 is 26.5 Å². The van der Waals surface area contributed by atoms with E-state index in [0.717, 1.165) is 22.6 Å². The summed E-state index contributed by atoms with van der Waals surface area (Å²) in [6.45, 7) is 5.73. The van der Waals surface area contributed by atoms with E-state index in [1.165, 1.54) is 18.4 Å². The zero-order valence-corrected chi connectivity index (χ0v) is 14.1. The summed E-state index contributed by atoms with van der Waals surface area (Å²) < 4.78 is 32.8. The van der Waals surface area contributed by atoms with E-state index >= 15 is 0 Å². The normalized spacial score (nSPS) is 11.4. The minimum Gasteiger partial charge on any atom is -0.495 e. The van der Waals surface area contributed by atoms with Gasteiger partial charge in [0, 0.05) is 4.88 Å². The second-order valence-corrected chi connectivity index (χ2v) is 7.46. The van der Waals surface area contributed by atoms with E-state index in [9.17, 15) is 8.42 Å². The van der Waals surface area contributed by atoms with Crippen molar-refractivity contribution in [2.24, 2.45) is 0 Å². The lowest BCUT2D eigenvalue weighted by molar-refractivity contribution is 0.402. The Bertz CT molecular complexity index is 732. The van der Waals surface area contributed by atoms with E-state index in [1.807, 2.05) is 26.8 Å². The number of benzene rings is 1. The number of sulfonamides is 1. The smallest absolute Gasteiger partial charge is 0.267 e. The van der Waals surface area contributed by atoms with Crippen molar-refractivity contribution in [1.29, 1.82) is 0 Å². The molecule has 21 heavy (non-hydrogen) atoms. The van der Waals surface area contributed by atoms with E-state index in [0.29, 0.717) is 10.9 Å². The molecule has 0 bridgehead atoms. The molecule has 0 aliphatic rings. The summed E-state index contributed by atoms with van der Waals surface area (Å²) >= 11 is 1.32. The van der Waals surface area contributed by atoms with Crippen LogP contribution in [0.1, 0.15) is 23.1 Å². The highest BCUT2D eigenvalue weighted by Crippen LogP contribution is 2.29. The Morgan fingerprint density at radius 1 is 1.33 bits per heavy atom. The maximum absolute atomic E-state index is 12.5. The molecule has 0 fully saturated rings. The molecule has 0 saturated carbocycles. The number of aryl methyl sites for hydroxylation is 3. The number of thiazole rings is 1. The van der Waals surface area contributed by atoms with Crippen LogP contribution in [0.3, 0.4) is 0 Å². The van der Waals surface area contributed by atoms with Crippen LogP contribution in [0.5, 0.6) is 5.75 Å². The van der Waals surface area contributed by atoms with Crippen LogP contribution >= 0.6 is 11.3 Å². The van der Waals surface area contributed by atoms with Crippen LogP contribution in [0.2, 0.25) is 0 Å². The Morgan fingerprint density at radius 2 is 2.05 bits per heavy atom. The molecular weight excluding hydrogens is 308 g/mol. The minimum atomic E-state index is -3.72. The predicted molar refractivity (Wildman–Crippen MR) is 84.8 cm³/mol. The molecule has 1 heterocycles. The fourth-order valence-electron chi connectivity index (χ4n) is 1.84. The van der Waals surface area contributed by atoms with Gasteiger partial charge in [0.2, 0.25) is 0 Å². The molecule has 0 unspecified atom stereocenters. The first-order valence-electron chi connectivity index (χ1n) is 6.51. The molecule has 0 aliphatic carbocycles. The molecule has 5 nitrogen and oxygen atoms in total. The molecule has 114 valence electrons. The highest BCUT2D eigenvalue weighted by atomic mass is 32.2. The summed E-state index contributed by atoms with van der Waals surface area (Å²) in [7, 11) is -2.26. The van der Waals surface area contributed by atoms with Crippen LogP contribution < -0.4 is 9.46 Å². The molecule has 1 aromatic carbocycles. The van der Waals surface area contributed by atoms with Gasteiger partial charge in [-0.3, -0.25) is 4.72 Å². The van der Waals surface area contributed by atoms with Crippen molar-refractivity contribution in [3.63, 3.8) is 0 Å². The number of hydrogen-bond acceptors (Lipinski definition) is 5. The Morgan fingerprint density at radius 3 is 2.57 bits per heavy atom. The summed E-state index contributed by atoms with van der Waals surface area (Å²) in [6.07, 6.45) is 0.752. The van der Waals surface area contributed by atoms with E-state index in [1.54, 1.807) is 12.1 Å². The fourth-order valence-corrected chi connectivity index (χ4v) is 4.11. The molecule has 0 saturated heterocycles. The molecular formula is C14H18N2O3S2. The number of rotatable bonds is 5. The van der Waals surface area contributed by atoms with Gasteiger partial charge in [-0.1, -0.05) is 13.0 Å². The first kappa shape index (κ1) is 15.8. The first-order valence-corrected chi connectivity index (χ1v) is 8.81. The van der Waals surface area contributed by atoms with Crippen molar-refractivity contribution in [3.05, 3.63) is 34.3 Å². The van der Waals surface area contributed by atoms with E-state index in [4.69, 9.17) is 4.74 Å². The fraction of sp³-hybridized carbons (Fsp3) is 0.357. The highest BCUT2D eigenvalue weighted by Gasteiger charge is 2.21. The van der Waals surface area contributed by atoms with Crippen LogP contribution in [-0.2, 0) is 16.4 Å². The molecule has 0 radical (unpaired) electrons. The second kappa shape index (κ2) is 6.03. The van der Waals surface area contributed by atoms with Gasteiger partial charge >= 0.3 is 0 Å². The largest absolute Gasteiger partial charge is 0.495 e. The maximum Gasteiger partial charge on any atom is 0.267 e. The molecule has 0 aliphatic heterocycles. The van der Waals surface area contributed by atoms with Crippen LogP contribution in [0.4, 0.5) is 5.13 Å². The zero-order valence-electron chi connectivity index (χ0n) is 12.4. The van der Waals surface area contributed by atoms with Crippen molar-refractivity contribution < 1.29 is 13.2 Å². The number of nitrogens with one attached hydrogen (secondary N) is 1. The molecule has 7 heteroatoms. The number of methoxy groups -OCH3 is 1. The van der Waals surface area contributed by atoms with Gasteiger partial charge in [-0.15, -0.1) is 11.3 Å². The Kier molecular flexibility index (Phi) is 4.53. The Hall–Kier alpha value is -1.60. The lowest BCUT2D eigenvalue weighted by atomic mass is 10.2. The topological polar surface area (TPSA) is 68.3 Å². The number of anilines is 1. The quantitative estimate of drug-likeness (QED) is 0.916. The number of nitrogens with zero attached hydrogens (tertiary/aromatic N) is 1. The minimum absolute atomic E-state index is 0.134. The molecule has 1 N–H and O–H groups in total. The number of ether oxygens (including phenoxy) is 1. The van der Waals surface area contributed by atoms with Crippen LogP contribution in [0.25, 0.3) is 0 Å². The zero-order chi connectivity index (χ0) is 15.6. The van der Waals surface area contributed by atoms with Crippen molar-refractivity contribution in [2.75, 3.05) is 11.8 Å². The average Bonchev–Trinajstić information content (AvgIpc) is 2.75. The van der Waals surface area contributed by atoms with Gasteiger partial charge in [0.05, 0.1) is 12.8 Å². The van der Waals surface area contributed by atoms with Crippen molar-refractivity contribution in [3.8, 4) is 5.75 Å². The molecule has 0 atom stereocenters. The lowest BCUT2D eigenvalue weighted by Crippen LogP contribution is -2.14. The van der Waals surface area contributed by atoms with E-state index in [2.05, 4.69) is 9.71 Å². The van der Waals surface area contributed by atoms with Gasteiger partial charge in [0.15, 0.2) is 5.13 Å². The predicted octanol–water partition coefficient (Wildman–Crippen LogP) is 3.13. The Balaban J connectivity index is 2.43. The van der Waals surface area contributed by atoms with Gasteiger partial charge in [-0.05, 0) is 38.0 Å². The lowest BCUT2D eigenvalue weighted by Gasteiger charge is -2.11. The highest BCUT2D eigenvalue weighted by molar-refractivity contribution is 7.93. The van der Waals surface area contributed by atoms with Gasteiger partial charge < -0.3 is 4.74 Å². The summed E-state index contributed by atoms with van der Waals surface area (Å²) in [5.74, 6) is 0.324. The van der Waals surface area contributed by atoms with Crippen molar-refractivity contribution in [1.82, 2.24) is 4.98 Å². The number of aromatic nitrogens is 1. The molecule has 0 spiro atoms. The molecule has 2 rings (SSSR count). The third kappa shape index (κ3) is 3.36. The van der Waals surface area contributed by atoms with E-state index < -0.39 is 10.0 Å². The van der Waals surface area contributed by atoms with Gasteiger partial charge in [-0.25, -0.2) is 13.4 Å². The third-order valence-corrected chi connectivity index (χ3v) is 5.65. The molecule has 0 amide bonds. The molecule has 1 aromatic heterocycles. The SMILES string of the molecule is CCc1ccc(OC)c(S(=O)(=O)Nc2nc(C)c(C)s2)c1. The van der Waals surface area contributed by atoms with Gasteiger partial charge in [-0.2, -0.15) is 0 Å². The average molecular weight is 326 g/mol. The summed E-state index contributed by atoms with van der Waals surface area (Å²) in [4.78, 5) is 5.33. The van der Waals surface area contributed by atoms with Gasteiger partial charge in [0.1, 0.15) is 10.6 Å². The molecule has 2 aromatic rings. The summed E-state index contributed by atoms with van der Waals surface area (Å²) in [5.41, 5.74) is 1.76. The van der Waals surface area contributed by atoms with E-state index in [-0.39, 0.29) is 4.90 Å². The summed E-state index contributed by atoms with van der Waals surface area (Å²) in [6, 6.07) is 5.16. The number of hydrogen-bond donors (Lipinski definition) is 1. The van der Waals surface area contributed by atoms with Crippen LogP contribution in [0.15, 0.2) is 23.1 Å². The van der Waals surface area contributed by atoms with Crippen molar-refractivity contribution in [2.45, 2.75) is 32.1 Å². The van der Waals surface area contributed by atoms with Gasteiger partial charge in [0.25, 0.3) is 10.0 Å². The van der Waals surface area contributed by atoms with Crippen LogP contribution in [-0.4, -0.2) is 20.5 Å². The summed E-state index contributed by atoms with van der Waals surface area (Å²) in [5, 5.41) is 0.369. The monoisotopic (exact) mass is 326 g/mol.